The lowest BCUT2D eigenvalue weighted by molar-refractivity contribution is 0.0635. The molecule has 0 saturated heterocycles. The summed E-state index contributed by atoms with van der Waals surface area (Å²) in [5.74, 6) is 1.08. The second kappa shape index (κ2) is 9.64. The molecule has 0 saturated carbocycles. The standard InChI is InChI=1S/C21H26N2O5/c1-21(2,3)28-20(25)23-16-6-5-7-18(14-16)27-13-12-22-19(24)15-8-10-17(26-4)11-9-15/h5-11,14H,12-13H2,1-4H3,(H,22,24)(H,23,25). The molecule has 0 bridgehead atoms. The van der Waals surface area contributed by atoms with Gasteiger partial charge in [0.2, 0.25) is 0 Å². The second-order valence-corrected chi connectivity index (χ2v) is 6.99. The van der Waals surface area contributed by atoms with Gasteiger partial charge in [-0.2, -0.15) is 0 Å². The lowest BCUT2D eigenvalue weighted by Gasteiger charge is -2.19. The summed E-state index contributed by atoms with van der Waals surface area (Å²) in [6.45, 7) is 6.03. The normalized spacial score (nSPS) is 10.7. The Bertz CT molecular complexity index is 797. The molecule has 0 spiro atoms. The molecule has 2 rings (SSSR count). The van der Waals surface area contributed by atoms with Gasteiger partial charge in [0.15, 0.2) is 0 Å². The molecule has 0 aliphatic carbocycles. The molecule has 0 heterocycles. The smallest absolute Gasteiger partial charge is 0.412 e. The highest BCUT2D eigenvalue weighted by atomic mass is 16.6. The van der Waals surface area contributed by atoms with Crippen LogP contribution < -0.4 is 20.1 Å². The molecular weight excluding hydrogens is 360 g/mol. The quantitative estimate of drug-likeness (QED) is 0.706. The summed E-state index contributed by atoms with van der Waals surface area (Å²) in [5, 5.41) is 5.44. The zero-order valence-corrected chi connectivity index (χ0v) is 16.6. The Labute approximate surface area is 165 Å². The third kappa shape index (κ3) is 7.19. The first kappa shape index (κ1) is 21.1. The number of carbonyl (C=O) groups is 2. The number of amides is 2. The Hall–Kier alpha value is -3.22. The third-order valence-corrected chi connectivity index (χ3v) is 3.49. The molecule has 0 aliphatic rings. The van der Waals surface area contributed by atoms with Crippen molar-refractivity contribution in [3.8, 4) is 11.5 Å². The molecule has 2 aromatic carbocycles. The van der Waals surface area contributed by atoms with E-state index in [1.807, 2.05) is 0 Å². The minimum atomic E-state index is -0.569. The number of rotatable bonds is 7. The van der Waals surface area contributed by atoms with Crippen molar-refractivity contribution in [1.82, 2.24) is 5.32 Å². The van der Waals surface area contributed by atoms with Gasteiger partial charge in [-0.25, -0.2) is 4.79 Å². The molecular formula is C21H26N2O5. The maximum absolute atomic E-state index is 12.1. The molecule has 0 radical (unpaired) electrons. The van der Waals surface area contributed by atoms with Crippen molar-refractivity contribution in [3.63, 3.8) is 0 Å². The third-order valence-electron chi connectivity index (χ3n) is 3.49. The molecule has 0 aromatic heterocycles. The number of ether oxygens (including phenoxy) is 3. The average molecular weight is 386 g/mol. The van der Waals surface area contributed by atoms with Crippen molar-refractivity contribution < 1.29 is 23.8 Å². The predicted octanol–water partition coefficient (Wildman–Crippen LogP) is 3.85. The highest BCUT2D eigenvalue weighted by Crippen LogP contribution is 2.18. The minimum Gasteiger partial charge on any atom is -0.497 e. The SMILES string of the molecule is COc1ccc(C(=O)NCCOc2cccc(NC(=O)OC(C)(C)C)c2)cc1. The van der Waals surface area contributed by atoms with Crippen molar-refractivity contribution in [2.45, 2.75) is 26.4 Å². The maximum Gasteiger partial charge on any atom is 0.412 e. The Morgan fingerprint density at radius 1 is 1.00 bits per heavy atom. The number of anilines is 1. The molecule has 0 unspecified atom stereocenters. The van der Waals surface area contributed by atoms with E-state index in [9.17, 15) is 9.59 Å². The Morgan fingerprint density at radius 3 is 2.36 bits per heavy atom. The van der Waals surface area contributed by atoms with Gasteiger partial charge in [0.05, 0.1) is 13.7 Å². The van der Waals surface area contributed by atoms with Crippen molar-refractivity contribution in [2.75, 3.05) is 25.6 Å². The van der Waals surface area contributed by atoms with Crippen LogP contribution in [0.5, 0.6) is 11.5 Å². The van der Waals surface area contributed by atoms with Gasteiger partial charge in [0.25, 0.3) is 5.91 Å². The second-order valence-electron chi connectivity index (χ2n) is 6.99. The van der Waals surface area contributed by atoms with E-state index in [4.69, 9.17) is 14.2 Å². The van der Waals surface area contributed by atoms with E-state index in [-0.39, 0.29) is 12.5 Å². The Kier molecular flexibility index (Phi) is 7.26. The largest absolute Gasteiger partial charge is 0.497 e. The van der Waals surface area contributed by atoms with Crippen molar-refractivity contribution >= 4 is 17.7 Å². The van der Waals surface area contributed by atoms with E-state index in [2.05, 4.69) is 10.6 Å². The first-order valence-corrected chi connectivity index (χ1v) is 8.92. The molecule has 0 aliphatic heterocycles. The molecule has 2 aromatic rings. The van der Waals surface area contributed by atoms with Gasteiger partial charge in [-0.05, 0) is 57.2 Å². The average Bonchev–Trinajstić information content (AvgIpc) is 2.64. The summed E-state index contributed by atoms with van der Waals surface area (Å²) in [6.07, 6.45) is -0.531. The first-order valence-electron chi connectivity index (χ1n) is 8.92. The molecule has 2 N–H and O–H groups in total. The number of benzene rings is 2. The van der Waals surface area contributed by atoms with Crippen LogP contribution in [0.25, 0.3) is 0 Å². The highest BCUT2D eigenvalue weighted by Gasteiger charge is 2.16. The monoisotopic (exact) mass is 386 g/mol. The van der Waals surface area contributed by atoms with Gasteiger partial charge in [-0.15, -0.1) is 0 Å². The summed E-state index contributed by atoms with van der Waals surface area (Å²) >= 11 is 0. The van der Waals surface area contributed by atoms with Crippen LogP contribution >= 0.6 is 0 Å². The van der Waals surface area contributed by atoms with Gasteiger partial charge in [0, 0.05) is 17.3 Å². The van der Waals surface area contributed by atoms with Crippen molar-refractivity contribution in [1.29, 1.82) is 0 Å². The fraction of sp³-hybridized carbons (Fsp3) is 0.333. The van der Waals surface area contributed by atoms with E-state index in [1.54, 1.807) is 76.4 Å². The molecule has 0 fully saturated rings. The van der Waals surface area contributed by atoms with Gasteiger partial charge >= 0.3 is 6.09 Å². The number of hydrogen-bond donors (Lipinski definition) is 2. The van der Waals surface area contributed by atoms with Gasteiger partial charge in [0.1, 0.15) is 23.7 Å². The highest BCUT2D eigenvalue weighted by molar-refractivity contribution is 5.94. The van der Waals surface area contributed by atoms with Crippen LogP contribution in [0.3, 0.4) is 0 Å². The van der Waals surface area contributed by atoms with Crippen LogP contribution in [0.4, 0.5) is 10.5 Å². The maximum atomic E-state index is 12.1. The van der Waals surface area contributed by atoms with E-state index in [0.717, 1.165) is 0 Å². The lowest BCUT2D eigenvalue weighted by atomic mass is 10.2. The number of nitrogens with one attached hydrogen (secondary N) is 2. The zero-order valence-electron chi connectivity index (χ0n) is 16.6. The summed E-state index contributed by atoms with van der Waals surface area (Å²) in [5.41, 5.74) is 0.540. The summed E-state index contributed by atoms with van der Waals surface area (Å²) in [6, 6.07) is 13.8. The fourth-order valence-corrected chi connectivity index (χ4v) is 2.26. The number of hydrogen-bond acceptors (Lipinski definition) is 5. The van der Waals surface area contributed by atoms with Crippen LogP contribution in [-0.4, -0.2) is 37.9 Å². The van der Waals surface area contributed by atoms with Crippen molar-refractivity contribution in [3.05, 3.63) is 54.1 Å². The van der Waals surface area contributed by atoms with E-state index in [0.29, 0.717) is 29.3 Å². The zero-order chi connectivity index (χ0) is 20.6. The molecule has 7 heteroatoms. The molecule has 28 heavy (non-hydrogen) atoms. The minimum absolute atomic E-state index is 0.188. The lowest BCUT2D eigenvalue weighted by Crippen LogP contribution is -2.28. The topological polar surface area (TPSA) is 85.9 Å². The van der Waals surface area contributed by atoms with Gasteiger partial charge in [-0.3, -0.25) is 10.1 Å². The Morgan fingerprint density at radius 2 is 1.71 bits per heavy atom. The van der Waals surface area contributed by atoms with Crippen molar-refractivity contribution in [2.24, 2.45) is 0 Å². The molecule has 150 valence electrons. The van der Waals surface area contributed by atoms with Crippen LogP contribution in [0.2, 0.25) is 0 Å². The first-order chi connectivity index (χ1) is 13.3. The number of carbonyl (C=O) groups excluding carboxylic acids is 2. The summed E-state index contributed by atoms with van der Waals surface area (Å²) in [7, 11) is 1.57. The van der Waals surface area contributed by atoms with Crippen LogP contribution in [-0.2, 0) is 4.74 Å². The fourth-order valence-electron chi connectivity index (χ4n) is 2.26. The van der Waals surface area contributed by atoms with E-state index < -0.39 is 11.7 Å². The predicted molar refractivity (Wildman–Crippen MR) is 107 cm³/mol. The molecule has 2 amide bonds. The molecule has 7 nitrogen and oxygen atoms in total. The van der Waals surface area contributed by atoms with Gasteiger partial charge < -0.3 is 19.5 Å². The summed E-state index contributed by atoms with van der Waals surface area (Å²) in [4.78, 5) is 23.9. The van der Waals surface area contributed by atoms with Crippen LogP contribution in [0, 0.1) is 0 Å². The number of methoxy groups -OCH3 is 1. The van der Waals surface area contributed by atoms with Crippen LogP contribution in [0.1, 0.15) is 31.1 Å². The molecule has 0 atom stereocenters. The van der Waals surface area contributed by atoms with Gasteiger partial charge in [-0.1, -0.05) is 6.07 Å². The van der Waals surface area contributed by atoms with E-state index in [1.165, 1.54) is 0 Å². The summed E-state index contributed by atoms with van der Waals surface area (Å²) < 4.78 is 15.9. The Balaban J connectivity index is 1.78. The van der Waals surface area contributed by atoms with E-state index >= 15 is 0 Å². The van der Waals surface area contributed by atoms with Crippen LogP contribution in [0.15, 0.2) is 48.5 Å².